The first kappa shape index (κ1) is 9.47. The zero-order valence-electron chi connectivity index (χ0n) is 8.59. The third kappa shape index (κ3) is 2.68. The van der Waals surface area contributed by atoms with E-state index in [9.17, 15) is 0 Å². The maximum Gasteiger partial charge on any atom is 0.0468 e. The zero-order chi connectivity index (χ0) is 9.10. The summed E-state index contributed by atoms with van der Waals surface area (Å²) in [6, 6.07) is 0. The van der Waals surface area contributed by atoms with Gasteiger partial charge in [0.25, 0.3) is 0 Å². The normalized spacial score (nSPS) is 34.8. The fourth-order valence-corrected chi connectivity index (χ4v) is 2.52. The molecule has 1 saturated carbocycles. The molecule has 0 amide bonds. The molecule has 2 unspecified atom stereocenters. The van der Waals surface area contributed by atoms with Crippen molar-refractivity contribution in [3.05, 3.63) is 0 Å². The van der Waals surface area contributed by atoms with E-state index in [1.165, 1.54) is 32.2 Å². The van der Waals surface area contributed by atoms with E-state index in [0.29, 0.717) is 0 Å². The monoisotopic (exact) mass is 183 g/mol. The maximum atomic E-state index is 5.36. The topological polar surface area (TPSA) is 21.3 Å². The molecular formula is C11H21NO. The molecule has 1 aliphatic heterocycles. The van der Waals surface area contributed by atoms with Gasteiger partial charge in [0.1, 0.15) is 0 Å². The van der Waals surface area contributed by atoms with Crippen molar-refractivity contribution >= 4 is 0 Å². The Morgan fingerprint density at radius 3 is 2.69 bits per heavy atom. The van der Waals surface area contributed by atoms with Crippen LogP contribution in [-0.2, 0) is 4.74 Å². The largest absolute Gasteiger partial charge is 0.381 e. The second-order valence-corrected chi connectivity index (χ2v) is 4.60. The van der Waals surface area contributed by atoms with Gasteiger partial charge in [-0.05, 0) is 57.0 Å². The van der Waals surface area contributed by atoms with Gasteiger partial charge in [0.15, 0.2) is 0 Å². The quantitative estimate of drug-likeness (QED) is 0.715. The van der Waals surface area contributed by atoms with Crippen molar-refractivity contribution in [1.29, 1.82) is 0 Å². The molecule has 1 saturated heterocycles. The van der Waals surface area contributed by atoms with Gasteiger partial charge in [0.05, 0.1) is 0 Å². The van der Waals surface area contributed by atoms with Crippen LogP contribution in [0, 0.1) is 17.8 Å². The Morgan fingerprint density at radius 1 is 1.23 bits per heavy atom. The van der Waals surface area contributed by atoms with Gasteiger partial charge >= 0.3 is 0 Å². The highest BCUT2D eigenvalue weighted by Gasteiger charge is 2.37. The fraction of sp³-hybridized carbons (Fsp3) is 1.00. The molecule has 2 fully saturated rings. The van der Waals surface area contributed by atoms with Crippen molar-refractivity contribution < 1.29 is 4.74 Å². The molecule has 76 valence electrons. The van der Waals surface area contributed by atoms with Crippen LogP contribution in [0.1, 0.15) is 25.7 Å². The lowest BCUT2D eigenvalue weighted by Crippen LogP contribution is -2.17. The molecule has 13 heavy (non-hydrogen) atoms. The van der Waals surface area contributed by atoms with Crippen molar-refractivity contribution in [2.45, 2.75) is 25.7 Å². The number of rotatable bonds is 4. The molecule has 0 bridgehead atoms. The predicted octanol–water partition coefficient (Wildman–Crippen LogP) is 1.66. The van der Waals surface area contributed by atoms with Crippen LogP contribution >= 0.6 is 0 Å². The van der Waals surface area contributed by atoms with Gasteiger partial charge in [-0.2, -0.15) is 0 Å². The number of ether oxygens (including phenoxy) is 1. The van der Waals surface area contributed by atoms with Crippen LogP contribution in [0.4, 0.5) is 0 Å². The van der Waals surface area contributed by atoms with E-state index < -0.39 is 0 Å². The molecule has 0 aromatic heterocycles. The van der Waals surface area contributed by atoms with Crippen LogP contribution < -0.4 is 5.32 Å². The van der Waals surface area contributed by atoms with Gasteiger partial charge < -0.3 is 10.1 Å². The highest BCUT2D eigenvalue weighted by molar-refractivity contribution is 4.89. The summed E-state index contributed by atoms with van der Waals surface area (Å²) in [6.07, 6.45) is 5.56. The van der Waals surface area contributed by atoms with E-state index in [1.807, 2.05) is 0 Å². The standard InChI is InChI=1S/C11H21NO/c1-12-8-11-7-10(11)6-9-2-4-13-5-3-9/h9-12H,2-8H2,1H3. The van der Waals surface area contributed by atoms with Crippen molar-refractivity contribution in [3.63, 3.8) is 0 Å². The summed E-state index contributed by atoms with van der Waals surface area (Å²) in [5.41, 5.74) is 0. The molecule has 2 nitrogen and oxygen atoms in total. The summed E-state index contributed by atoms with van der Waals surface area (Å²) in [6.45, 7) is 3.25. The highest BCUT2D eigenvalue weighted by Crippen LogP contribution is 2.44. The molecule has 2 rings (SSSR count). The Labute approximate surface area is 81.0 Å². The average Bonchev–Trinajstić information content (AvgIpc) is 2.86. The lowest BCUT2D eigenvalue weighted by atomic mass is 9.93. The Hall–Kier alpha value is -0.0800. The minimum Gasteiger partial charge on any atom is -0.381 e. The minimum absolute atomic E-state index is 0.973. The Balaban J connectivity index is 1.62. The minimum atomic E-state index is 0.973. The molecule has 2 aliphatic rings. The summed E-state index contributed by atoms with van der Waals surface area (Å²) < 4.78 is 5.36. The van der Waals surface area contributed by atoms with Gasteiger partial charge in [0, 0.05) is 13.2 Å². The summed E-state index contributed by atoms with van der Waals surface area (Å²) in [5.74, 6) is 3.00. The molecular weight excluding hydrogens is 162 g/mol. The second-order valence-electron chi connectivity index (χ2n) is 4.60. The van der Waals surface area contributed by atoms with E-state index in [1.54, 1.807) is 0 Å². The highest BCUT2D eigenvalue weighted by atomic mass is 16.5. The van der Waals surface area contributed by atoms with Gasteiger partial charge in [0.2, 0.25) is 0 Å². The van der Waals surface area contributed by atoms with Crippen molar-refractivity contribution in [3.8, 4) is 0 Å². The van der Waals surface area contributed by atoms with Crippen LogP contribution in [0.2, 0.25) is 0 Å². The van der Waals surface area contributed by atoms with E-state index in [4.69, 9.17) is 4.74 Å². The zero-order valence-corrected chi connectivity index (χ0v) is 8.59. The lowest BCUT2D eigenvalue weighted by molar-refractivity contribution is 0.0618. The molecule has 1 N–H and O–H groups in total. The molecule has 1 heterocycles. The first-order valence-corrected chi connectivity index (χ1v) is 5.62. The van der Waals surface area contributed by atoms with Crippen LogP contribution in [-0.4, -0.2) is 26.8 Å². The van der Waals surface area contributed by atoms with Gasteiger partial charge in [-0.15, -0.1) is 0 Å². The maximum absolute atomic E-state index is 5.36. The molecule has 0 aromatic carbocycles. The first-order valence-electron chi connectivity index (χ1n) is 5.62. The molecule has 2 heteroatoms. The molecule has 1 aliphatic carbocycles. The van der Waals surface area contributed by atoms with Crippen molar-refractivity contribution in [1.82, 2.24) is 5.32 Å². The van der Waals surface area contributed by atoms with Gasteiger partial charge in [-0.25, -0.2) is 0 Å². The Kier molecular flexibility index (Phi) is 3.23. The van der Waals surface area contributed by atoms with E-state index in [2.05, 4.69) is 12.4 Å². The first-order chi connectivity index (χ1) is 6.40. The van der Waals surface area contributed by atoms with E-state index in [0.717, 1.165) is 31.0 Å². The average molecular weight is 183 g/mol. The molecule has 0 radical (unpaired) electrons. The van der Waals surface area contributed by atoms with Crippen molar-refractivity contribution in [2.75, 3.05) is 26.8 Å². The van der Waals surface area contributed by atoms with Crippen molar-refractivity contribution in [2.24, 2.45) is 17.8 Å². The second kappa shape index (κ2) is 4.43. The van der Waals surface area contributed by atoms with Gasteiger partial charge in [-0.3, -0.25) is 0 Å². The number of hydrogen-bond donors (Lipinski definition) is 1. The smallest absolute Gasteiger partial charge is 0.0468 e. The Morgan fingerprint density at radius 2 is 2.00 bits per heavy atom. The third-order valence-corrected chi connectivity index (χ3v) is 3.51. The third-order valence-electron chi connectivity index (χ3n) is 3.51. The van der Waals surface area contributed by atoms with E-state index in [-0.39, 0.29) is 0 Å². The lowest BCUT2D eigenvalue weighted by Gasteiger charge is -2.21. The van der Waals surface area contributed by atoms with E-state index >= 15 is 0 Å². The predicted molar refractivity (Wildman–Crippen MR) is 53.7 cm³/mol. The summed E-state index contributed by atoms with van der Waals surface area (Å²) in [5, 5.41) is 3.27. The van der Waals surface area contributed by atoms with Gasteiger partial charge in [-0.1, -0.05) is 0 Å². The van der Waals surface area contributed by atoms with Crippen LogP contribution in [0.15, 0.2) is 0 Å². The Bertz CT molecular complexity index is 154. The fourth-order valence-electron chi connectivity index (χ4n) is 2.52. The number of hydrogen-bond acceptors (Lipinski definition) is 2. The summed E-state index contributed by atoms with van der Waals surface area (Å²) in [4.78, 5) is 0. The molecule has 2 atom stereocenters. The SMILES string of the molecule is CNCC1CC1CC1CCOCC1. The van der Waals surface area contributed by atoms with Crippen LogP contribution in [0.3, 0.4) is 0 Å². The molecule has 0 spiro atoms. The number of nitrogens with one attached hydrogen (secondary N) is 1. The van der Waals surface area contributed by atoms with Crippen LogP contribution in [0.25, 0.3) is 0 Å². The van der Waals surface area contributed by atoms with Crippen LogP contribution in [0.5, 0.6) is 0 Å². The summed E-state index contributed by atoms with van der Waals surface area (Å²) >= 11 is 0. The summed E-state index contributed by atoms with van der Waals surface area (Å²) in [7, 11) is 2.06. The molecule has 0 aromatic rings.